The van der Waals surface area contributed by atoms with E-state index in [2.05, 4.69) is 31.9 Å². The van der Waals surface area contributed by atoms with Gasteiger partial charge in [-0.1, -0.05) is 0 Å². The molecule has 10 heavy (non-hydrogen) atoms. The van der Waals surface area contributed by atoms with E-state index in [1.54, 1.807) is 0 Å². The molecule has 1 aliphatic heterocycles. The summed E-state index contributed by atoms with van der Waals surface area (Å²) in [6.07, 6.45) is 3.08. The molecule has 0 bridgehead atoms. The predicted octanol–water partition coefficient (Wildman–Crippen LogP) is 1.29. The fourth-order valence-electron chi connectivity index (χ4n) is 1.11. The molecule has 2 nitrogen and oxygen atoms in total. The van der Waals surface area contributed by atoms with Crippen LogP contribution in [-0.2, 0) is 0 Å². The molecule has 0 fully saturated rings. The molecule has 0 saturated heterocycles. The third-order valence-electron chi connectivity index (χ3n) is 1.82. The van der Waals surface area contributed by atoms with Gasteiger partial charge in [0.1, 0.15) is 0 Å². The van der Waals surface area contributed by atoms with Crippen molar-refractivity contribution in [3.05, 3.63) is 11.9 Å². The lowest BCUT2D eigenvalue weighted by Crippen LogP contribution is -2.35. The summed E-state index contributed by atoms with van der Waals surface area (Å²) in [6.45, 7) is 7.67. The minimum atomic E-state index is 0.237. The molecule has 1 heterocycles. The average Bonchev–Trinajstić information content (AvgIpc) is 2.11. The summed E-state index contributed by atoms with van der Waals surface area (Å²) in [5.41, 5.74) is 6.89. The highest BCUT2D eigenvalue weighted by molar-refractivity contribution is 5.06. The summed E-state index contributed by atoms with van der Waals surface area (Å²) in [7, 11) is 0. The van der Waals surface area contributed by atoms with Crippen LogP contribution in [0.4, 0.5) is 0 Å². The number of hydrogen-bond donors (Lipinski definition) is 1. The quantitative estimate of drug-likeness (QED) is 0.549. The Morgan fingerprint density at radius 3 is 2.30 bits per heavy atom. The smallest absolute Gasteiger partial charge is 0.0313 e. The molecular formula is C8H16N2. The van der Waals surface area contributed by atoms with Gasteiger partial charge >= 0.3 is 0 Å². The van der Waals surface area contributed by atoms with Gasteiger partial charge in [0.2, 0.25) is 0 Å². The van der Waals surface area contributed by atoms with Gasteiger partial charge in [-0.15, -0.1) is 0 Å². The highest BCUT2D eigenvalue weighted by atomic mass is 15.2. The second-order valence-electron chi connectivity index (χ2n) is 3.82. The molecule has 58 valence electrons. The van der Waals surface area contributed by atoms with Crippen LogP contribution in [0.2, 0.25) is 0 Å². The molecule has 1 aliphatic rings. The van der Waals surface area contributed by atoms with Gasteiger partial charge in [0.15, 0.2) is 0 Å². The van der Waals surface area contributed by atoms with Gasteiger partial charge in [-0.05, 0) is 20.8 Å². The Balaban J connectivity index is 2.61. The first-order chi connectivity index (χ1) is 4.50. The maximum Gasteiger partial charge on any atom is 0.0313 e. The Morgan fingerprint density at radius 2 is 2.10 bits per heavy atom. The van der Waals surface area contributed by atoms with Crippen molar-refractivity contribution in [3.8, 4) is 0 Å². The fourth-order valence-corrected chi connectivity index (χ4v) is 1.11. The molecule has 0 aromatic rings. The molecule has 0 atom stereocenters. The maximum absolute atomic E-state index is 5.64. The van der Waals surface area contributed by atoms with Crippen molar-refractivity contribution in [2.24, 2.45) is 5.73 Å². The molecule has 0 radical (unpaired) electrons. The second-order valence-corrected chi connectivity index (χ2v) is 3.82. The first-order valence-electron chi connectivity index (χ1n) is 3.73. The minimum Gasteiger partial charge on any atom is -0.401 e. The van der Waals surface area contributed by atoms with E-state index in [0.717, 1.165) is 18.7 Å². The average molecular weight is 140 g/mol. The van der Waals surface area contributed by atoms with Crippen molar-refractivity contribution in [2.75, 3.05) is 6.54 Å². The van der Waals surface area contributed by atoms with Gasteiger partial charge < -0.3 is 10.6 Å². The van der Waals surface area contributed by atoms with Crippen LogP contribution in [0.5, 0.6) is 0 Å². The largest absolute Gasteiger partial charge is 0.401 e. The summed E-state index contributed by atoms with van der Waals surface area (Å²) in [5, 5.41) is 0. The van der Waals surface area contributed by atoms with E-state index in [4.69, 9.17) is 5.73 Å². The lowest BCUT2D eigenvalue weighted by atomic mass is 10.1. The topological polar surface area (TPSA) is 29.3 Å². The van der Waals surface area contributed by atoms with Gasteiger partial charge in [-0.25, -0.2) is 0 Å². The van der Waals surface area contributed by atoms with E-state index < -0.39 is 0 Å². The van der Waals surface area contributed by atoms with Gasteiger partial charge in [0.25, 0.3) is 0 Å². The van der Waals surface area contributed by atoms with Crippen molar-refractivity contribution in [1.29, 1.82) is 0 Å². The normalized spacial score (nSPS) is 19.5. The van der Waals surface area contributed by atoms with Crippen molar-refractivity contribution in [2.45, 2.75) is 32.7 Å². The van der Waals surface area contributed by atoms with Crippen molar-refractivity contribution in [1.82, 2.24) is 4.90 Å². The molecule has 0 aromatic carbocycles. The molecule has 0 spiro atoms. The lowest BCUT2D eigenvalue weighted by Gasteiger charge is -2.31. The lowest BCUT2D eigenvalue weighted by molar-refractivity contribution is 0.222. The van der Waals surface area contributed by atoms with Crippen LogP contribution < -0.4 is 5.73 Å². The minimum absolute atomic E-state index is 0.237. The highest BCUT2D eigenvalue weighted by Crippen LogP contribution is 2.20. The van der Waals surface area contributed by atoms with Crippen LogP contribution in [0.25, 0.3) is 0 Å². The summed E-state index contributed by atoms with van der Waals surface area (Å²) >= 11 is 0. The summed E-state index contributed by atoms with van der Waals surface area (Å²) in [4.78, 5) is 2.28. The second kappa shape index (κ2) is 2.19. The highest BCUT2D eigenvalue weighted by Gasteiger charge is 2.21. The monoisotopic (exact) mass is 140 g/mol. The summed E-state index contributed by atoms with van der Waals surface area (Å²) in [5.74, 6) is 0. The number of rotatable bonds is 0. The Hall–Kier alpha value is -0.660. The Labute approximate surface area is 62.7 Å². The Morgan fingerprint density at radius 1 is 1.50 bits per heavy atom. The first kappa shape index (κ1) is 7.45. The zero-order valence-electron chi connectivity index (χ0n) is 7.02. The molecule has 2 N–H and O–H groups in total. The standard InChI is InChI=1S/C8H16N2/c1-8(2,3)10-5-4-7(9)6-10/h6H,4-5,9H2,1-3H3. The van der Waals surface area contributed by atoms with E-state index >= 15 is 0 Å². The Bertz CT molecular complexity index is 153. The zero-order chi connectivity index (χ0) is 7.78. The van der Waals surface area contributed by atoms with Gasteiger partial charge in [0.05, 0.1) is 0 Å². The van der Waals surface area contributed by atoms with Crippen LogP contribution in [0, 0.1) is 0 Å². The number of hydrogen-bond acceptors (Lipinski definition) is 2. The number of nitrogens with zero attached hydrogens (tertiary/aromatic N) is 1. The molecule has 0 saturated carbocycles. The van der Waals surface area contributed by atoms with Gasteiger partial charge in [-0.2, -0.15) is 0 Å². The number of nitrogens with two attached hydrogens (primary N) is 1. The maximum atomic E-state index is 5.64. The van der Waals surface area contributed by atoms with Crippen molar-refractivity contribution >= 4 is 0 Å². The van der Waals surface area contributed by atoms with Gasteiger partial charge in [0, 0.05) is 30.4 Å². The van der Waals surface area contributed by atoms with E-state index in [1.165, 1.54) is 0 Å². The van der Waals surface area contributed by atoms with E-state index in [0.29, 0.717) is 0 Å². The van der Waals surface area contributed by atoms with Crippen LogP contribution >= 0.6 is 0 Å². The van der Waals surface area contributed by atoms with E-state index in [1.807, 2.05) is 0 Å². The SMILES string of the molecule is CC(C)(C)N1C=C(N)CC1. The molecule has 0 aliphatic carbocycles. The van der Waals surface area contributed by atoms with Crippen LogP contribution in [0.15, 0.2) is 11.9 Å². The summed E-state index contributed by atoms with van der Waals surface area (Å²) in [6, 6.07) is 0. The molecule has 0 aromatic heterocycles. The van der Waals surface area contributed by atoms with Crippen molar-refractivity contribution < 1.29 is 0 Å². The molecule has 0 amide bonds. The van der Waals surface area contributed by atoms with Gasteiger partial charge in [-0.3, -0.25) is 0 Å². The van der Waals surface area contributed by atoms with Crippen LogP contribution in [0.3, 0.4) is 0 Å². The molecule has 1 rings (SSSR count). The van der Waals surface area contributed by atoms with Crippen LogP contribution in [-0.4, -0.2) is 17.0 Å². The fraction of sp³-hybridized carbons (Fsp3) is 0.750. The Kier molecular flexibility index (Phi) is 1.63. The molecule has 2 heteroatoms. The molecular weight excluding hydrogens is 124 g/mol. The predicted molar refractivity (Wildman–Crippen MR) is 43.3 cm³/mol. The first-order valence-corrected chi connectivity index (χ1v) is 3.73. The van der Waals surface area contributed by atoms with Crippen LogP contribution in [0.1, 0.15) is 27.2 Å². The summed E-state index contributed by atoms with van der Waals surface area (Å²) < 4.78 is 0. The third-order valence-corrected chi connectivity index (χ3v) is 1.82. The zero-order valence-corrected chi connectivity index (χ0v) is 7.02. The third kappa shape index (κ3) is 1.43. The van der Waals surface area contributed by atoms with E-state index in [9.17, 15) is 0 Å². The van der Waals surface area contributed by atoms with Crippen molar-refractivity contribution in [3.63, 3.8) is 0 Å². The van der Waals surface area contributed by atoms with E-state index in [-0.39, 0.29) is 5.54 Å². The molecule has 0 unspecified atom stereocenters.